The van der Waals surface area contributed by atoms with Gasteiger partial charge in [0.25, 0.3) is 0 Å². The Morgan fingerprint density at radius 2 is 1.84 bits per heavy atom. The fraction of sp³-hybridized carbons (Fsp3) is 0.533. The molecule has 0 aliphatic carbocycles. The summed E-state index contributed by atoms with van der Waals surface area (Å²) < 4.78 is 5.26. The first-order valence-electron chi connectivity index (χ1n) is 5.98. The van der Waals surface area contributed by atoms with Crippen LogP contribution >= 0.6 is 0 Å². The van der Waals surface area contributed by atoms with Crippen molar-refractivity contribution in [3.8, 4) is 12.1 Å². The zero-order valence-corrected chi connectivity index (χ0v) is 12.0. The Hall–Kier alpha value is -2.07. The molecule has 0 bridgehead atoms. The summed E-state index contributed by atoms with van der Waals surface area (Å²) in [5.41, 5.74) is -1.77. The molecular weight excluding hydrogens is 240 g/mol. The number of rotatable bonds is 5. The Balaban J connectivity index is 5.11. The second-order valence-corrected chi connectivity index (χ2v) is 5.44. The Morgan fingerprint density at radius 3 is 2.16 bits per heavy atom. The van der Waals surface area contributed by atoms with Crippen molar-refractivity contribution in [2.75, 3.05) is 0 Å². The van der Waals surface area contributed by atoms with Gasteiger partial charge in [-0.25, -0.2) is 0 Å². The van der Waals surface area contributed by atoms with Crippen LogP contribution in [0.25, 0.3) is 0 Å². The van der Waals surface area contributed by atoms with Crippen molar-refractivity contribution in [3.63, 3.8) is 0 Å². The van der Waals surface area contributed by atoms with Gasteiger partial charge in [0.05, 0.1) is 17.6 Å². The molecule has 1 unspecified atom stereocenters. The summed E-state index contributed by atoms with van der Waals surface area (Å²) in [5.74, 6) is -0.399. The van der Waals surface area contributed by atoms with Crippen LogP contribution in [0.15, 0.2) is 24.8 Å². The number of esters is 1. The molecule has 0 aromatic rings. The third-order valence-corrected chi connectivity index (χ3v) is 2.77. The van der Waals surface area contributed by atoms with Gasteiger partial charge in [-0.2, -0.15) is 10.5 Å². The van der Waals surface area contributed by atoms with Crippen LogP contribution in [0.3, 0.4) is 0 Å². The Labute approximate surface area is 115 Å². The van der Waals surface area contributed by atoms with Gasteiger partial charge in [0.1, 0.15) is 6.10 Å². The van der Waals surface area contributed by atoms with Crippen LogP contribution in [0.5, 0.6) is 0 Å². The van der Waals surface area contributed by atoms with Gasteiger partial charge in [-0.3, -0.25) is 4.79 Å². The van der Waals surface area contributed by atoms with E-state index < -0.39 is 22.9 Å². The van der Waals surface area contributed by atoms with Crippen molar-refractivity contribution in [1.29, 1.82) is 10.5 Å². The number of allylic oxidation sites excluding steroid dienone is 1. The van der Waals surface area contributed by atoms with Crippen LogP contribution in [0, 0.1) is 33.5 Å². The zero-order valence-electron chi connectivity index (χ0n) is 12.0. The standard InChI is InChI=1S/C15H20N2O2/c1-7-8-15(9-16,10-17)11(2)12(3)19-13(18)14(4,5)6/h7,12H,1-2,8H2,3-6H3. The molecule has 0 N–H and O–H groups in total. The van der Waals surface area contributed by atoms with Gasteiger partial charge in [-0.05, 0) is 33.3 Å². The molecular formula is C15H20N2O2. The fourth-order valence-corrected chi connectivity index (χ4v) is 1.36. The Kier molecular flexibility index (Phi) is 5.53. The highest BCUT2D eigenvalue weighted by atomic mass is 16.5. The number of hydrogen-bond acceptors (Lipinski definition) is 4. The first-order chi connectivity index (χ1) is 8.64. The zero-order chi connectivity index (χ0) is 15.3. The quantitative estimate of drug-likeness (QED) is 0.562. The second-order valence-electron chi connectivity index (χ2n) is 5.44. The molecule has 0 radical (unpaired) electrons. The second kappa shape index (κ2) is 6.20. The molecule has 0 aromatic heterocycles. The van der Waals surface area contributed by atoms with Crippen molar-refractivity contribution < 1.29 is 9.53 Å². The average Bonchev–Trinajstić information content (AvgIpc) is 2.34. The Bertz CT molecular complexity index is 444. The van der Waals surface area contributed by atoms with Crippen LogP contribution in [-0.4, -0.2) is 12.1 Å². The molecule has 102 valence electrons. The first kappa shape index (κ1) is 16.9. The predicted molar refractivity (Wildman–Crippen MR) is 72.6 cm³/mol. The summed E-state index contributed by atoms with van der Waals surface area (Å²) >= 11 is 0. The predicted octanol–water partition coefficient (Wildman–Crippen LogP) is 3.13. The maximum atomic E-state index is 11.8. The summed E-state index contributed by atoms with van der Waals surface area (Å²) in [6, 6.07) is 3.87. The average molecular weight is 260 g/mol. The molecule has 4 heteroatoms. The number of carbonyl (C=O) groups excluding carboxylic acids is 1. The Morgan fingerprint density at radius 1 is 1.37 bits per heavy atom. The van der Waals surface area contributed by atoms with E-state index in [4.69, 9.17) is 4.74 Å². The van der Waals surface area contributed by atoms with Gasteiger partial charge in [0.15, 0.2) is 5.41 Å². The van der Waals surface area contributed by atoms with Crippen LogP contribution in [-0.2, 0) is 9.53 Å². The lowest BCUT2D eigenvalue weighted by Gasteiger charge is -2.27. The molecule has 19 heavy (non-hydrogen) atoms. The largest absolute Gasteiger partial charge is 0.458 e. The molecule has 0 rings (SSSR count). The maximum Gasteiger partial charge on any atom is 0.311 e. The van der Waals surface area contributed by atoms with E-state index in [0.717, 1.165) is 0 Å². The van der Waals surface area contributed by atoms with E-state index in [1.54, 1.807) is 27.7 Å². The molecule has 1 atom stereocenters. The molecule has 0 saturated heterocycles. The van der Waals surface area contributed by atoms with Crippen molar-refractivity contribution >= 4 is 5.97 Å². The van der Waals surface area contributed by atoms with Crippen LogP contribution in [0.4, 0.5) is 0 Å². The lowest BCUT2D eigenvalue weighted by Crippen LogP contribution is -2.32. The highest BCUT2D eigenvalue weighted by molar-refractivity contribution is 5.75. The van der Waals surface area contributed by atoms with Crippen LogP contribution in [0.1, 0.15) is 34.1 Å². The van der Waals surface area contributed by atoms with Gasteiger partial charge in [-0.15, -0.1) is 6.58 Å². The monoisotopic (exact) mass is 260 g/mol. The summed E-state index contributed by atoms with van der Waals surface area (Å²) in [5, 5.41) is 18.4. The van der Waals surface area contributed by atoms with Crippen LogP contribution in [0.2, 0.25) is 0 Å². The molecule has 0 spiro atoms. The topological polar surface area (TPSA) is 73.9 Å². The molecule has 0 amide bonds. The highest BCUT2D eigenvalue weighted by Gasteiger charge is 2.37. The molecule has 0 aliphatic heterocycles. The normalized spacial score (nSPS) is 12.7. The number of nitriles is 2. The third-order valence-electron chi connectivity index (χ3n) is 2.77. The van der Waals surface area contributed by atoms with E-state index in [9.17, 15) is 15.3 Å². The van der Waals surface area contributed by atoms with Gasteiger partial charge in [0.2, 0.25) is 0 Å². The lowest BCUT2D eigenvalue weighted by atomic mass is 9.78. The molecule has 0 fully saturated rings. The van der Waals surface area contributed by atoms with E-state index >= 15 is 0 Å². The minimum atomic E-state index is -1.40. The van der Waals surface area contributed by atoms with E-state index in [1.165, 1.54) is 6.08 Å². The lowest BCUT2D eigenvalue weighted by molar-refractivity contribution is -0.156. The van der Waals surface area contributed by atoms with Gasteiger partial charge < -0.3 is 4.74 Å². The van der Waals surface area contributed by atoms with Crippen molar-refractivity contribution in [3.05, 3.63) is 24.8 Å². The fourth-order valence-electron chi connectivity index (χ4n) is 1.36. The summed E-state index contributed by atoms with van der Waals surface area (Å²) in [6.07, 6.45) is 0.928. The minimum Gasteiger partial charge on any atom is -0.458 e. The number of carbonyl (C=O) groups is 1. The van der Waals surface area contributed by atoms with E-state index in [-0.39, 0.29) is 12.0 Å². The van der Waals surface area contributed by atoms with Gasteiger partial charge in [0, 0.05) is 6.42 Å². The van der Waals surface area contributed by atoms with E-state index in [2.05, 4.69) is 13.2 Å². The highest BCUT2D eigenvalue weighted by Crippen LogP contribution is 2.33. The van der Waals surface area contributed by atoms with E-state index in [1.807, 2.05) is 12.1 Å². The molecule has 0 aromatic carbocycles. The van der Waals surface area contributed by atoms with Crippen molar-refractivity contribution in [2.24, 2.45) is 10.8 Å². The summed E-state index contributed by atoms with van der Waals surface area (Å²) in [7, 11) is 0. The number of ether oxygens (including phenoxy) is 1. The summed E-state index contributed by atoms with van der Waals surface area (Å²) in [4.78, 5) is 11.8. The number of hydrogen-bond donors (Lipinski definition) is 0. The first-order valence-corrected chi connectivity index (χ1v) is 5.98. The molecule has 0 saturated carbocycles. The molecule has 0 aliphatic rings. The molecule has 0 heterocycles. The molecule has 4 nitrogen and oxygen atoms in total. The van der Waals surface area contributed by atoms with Gasteiger partial charge >= 0.3 is 5.97 Å². The maximum absolute atomic E-state index is 11.8. The van der Waals surface area contributed by atoms with Gasteiger partial charge in [-0.1, -0.05) is 12.7 Å². The summed E-state index contributed by atoms with van der Waals surface area (Å²) in [6.45, 7) is 14.1. The van der Waals surface area contributed by atoms with Crippen LogP contribution < -0.4 is 0 Å². The van der Waals surface area contributed by atoms with Crippen molar-refractivity contribution in [2.45, 2.75) is 40.2 Å². The number of nitrogens with zero attached hydrogens (tertiary/aromatic N) is 2. The van der Waals surface area contributed by atoms with E-state index in [0.29, 0.717) is 0 Å². The third kappa shape index (κ3) is 3.96. The minimum absolute atomic E-state index is 0.149. The van der Waals surface area contributed by atoms with Crippen molar-refractivity contribution in [1.82, 2.24) is 0 Å². The smallest absolute Gasteiger partial charge is 0.311 e. The SMILES string of the molecule is C=CCC(C#N)(C#N)C(=C)C(C)OC(=O)C(C)(C)C.